The largest absolute Gasteiger partial charge is 0.452 e. The van der Waals surface area contributed by atoms with Gasteiger partial charge in [0.25, 0.3) is 5.91 Å². The highest BCUT2D eigenvalue weighted by Gasteiger charge is 2.28. The van der Waals surface area contributed by atoms with Crippen molar-refractivity contribution in [3.8, 4) is 0 Å². The van der Waals surface area contributed by atoms with Crippen LogP contribution in [-0.4, -0.2) is 57.5 Å². The number of hydrogen-bond acceptors (Lipinski definition) is 6. The normalized spacial score (nSPS) is 14.8. The molecule has 2 aromatic rings. The summed E-state index contributed by atoms with van der Waals surface area (Å²) in [5.41, 5.74) is 1.58. The predicted octanol–water partition coefficient (Wildman–Crippen LogP) is 2.72. The van der Waals surface area contributed by atoms with Crippen molar-refractivity contribution in [2.75, 3.05) is 38.2 Å². The maximum Gasteiger partial charge on any atom is 0.340 e. The molecular weight excluding hydrogens is 444 g/mol. The number of amides is 1. The number of anilines is 1. The Hall–Kier alpha value is -2.46. The minimum atomic E-state index is -3.80. The molecule has 1 saturated heterocycles. The third-order valence-electron chi connectivity index (χ3n) is 4.75. The lowest BCUT2D eigenvalue weighted by Gasteiger charge is -2.26. The molecule has 0 unspecified atom stereocenters. The summed E-state index contributed by atoms with van der Waals surface area (Å²) in [5.74, 6) is -1.41. The Bertz CT molecular complexity index is 1050. The van der Waals surface area contributed by atoms with Crippen LogP contribution in [0.2, 0.25) is 5.02 Å². The van der Waals surface area contributed by atoms with E-state index in [0.29, 0.717) is 18.9 Å². The second-order valence-electron chi connectivity index (χ2n) is 6.83. The van der Waals surface area contributed by atoms with Gasteiger partial charge in [0.1, 0.15) is 0 Å². The Morgan fingerprint density at radius 3 is 2.45 bits per heavy atom. The fraction of sp³-hybridized carbons (Fsp3) is 0.333. The van der Waals surface area contributed by atoms with E-state index < -0.39 is 28.5 Å². The molecule has 166 valence electrons. The van der Waals surface area contributed by atoms with Gasteiger partial charge >= 0.3 is 5.97 Å². The zero-order valence-electron chi connectivity index (χ0n) is 17.0. The molecule has 10 heteroatoms. The number of carbonyl (C=O) groups excluding carboxylic acids is 2. The predicted molar refractivity (Wildman–Crippen MR) is 116 cm³/mol. The molecule has 1 aliphatic heterocycles. The first kappa shape index (κ1) is 23.2. The maximum atomic E-state index is 12.8. The van der Waals surface area contributed by atoms with Gasteiger partial charge in [-0.05, 0) is 42.3 Å². The molecule has 1 amide bonds. The number of hydrogen-bond donors (Lipinski definition) is 1. The molecule has 31 heavy (non-hydrogen) atoms. The molecule has 0 atom stereocenters. The number of aryl methyl sites for hydroxylation is 1. The molecule has 1 aliphatic rings. The zero-order chi connectivity index (χ0) is 22.4. The monoisotopic (exact) mass is 466 g/mol. The van der Waals surface area contributed by atoms with Gasteiger partial charge in [-0.25, -0.2) is 13.2 Å². The number of rotatable bonds is 7. The molecule has 1 fully saturated rings. The van der Waals surface area contributed by atoms with Crippen LogP contribution in [0.4, 0.5) is 5.69 Å². The van der Waals surface area contributed by atoms with Gasteiger partial charge in [0.15, 0.2) is 6.61 Å². The molecule has 2 aromatic carbocycles. The first-order valence-electron chi connectivity index (χ1n) is 9.74. The number of halogens is 1. The summed E-state index contributed by atoms with van der Waals surface area (Å²) in [5, 5.41) is 2.66. The third kappa shape index (κ3) is 5.82. The van der Waals surface area contributed by atoms with Crippen LogP contribution in [0, 0.1) is 0 Å². The number of nitrogens with zero attached hydrogens (tertiary/aromatic N) is 1. The van der Waals surface area contributed by atoms with E-state index in [9.17, 15) is 18.0 Å². The zero-order valence-corrected chi connectivity index (χ0v) is 18.5. The number of benzene rings is 2. The summed E-state index contributed by atoms with van der Waals surface area (Å²) in [6.07, 6.45) is 0.882. The van der Waals surface area contributed by atoms with Gasteiger partial charge in [-0.1, -0.05) is 30.7 Å². The van der Waals surface area contributed by atoms with Crippen molar-refractivity contribution < 1.29 is 27.5 Å². The molecule has 0 aliphatic carbocycles. The van der Waals surface area contributed by atoms with Crippen LogP contribution in [0.5, 0.6) is 0 Å². The van der Waals surface area contributed by atoms with E-state index in [1.807, 2.05) is 19.1 Å². The number of carbonyl (C=O) groups is 2. The third-order valence-corrected chi connectivity index (χ3v) is 6.97. The van der Waals surface area contributed by atoms with Gasteiger partial charge < -0.3 is 14.8 Å². The van der Waals surface area contributed by atoms with Gasteiger partial charge in [0.05, 0.1) is 28.7 Å². The second-order valence-corrected chi connectivity index (χ2v) is 9.18. The van der Waals surface area contributed by atoms with Crippen LogP contribution in [0.1, 0.15) is 22.8 Å². The standard InChI is InChI=1S/C21H23ClN2O6S/c1-2-15-3-5-16(6-4-15)23-20(25)14-30-21(26)18-13-17(7-8-19(18)22)31(27,28)24-9-11-29-12-10-24/h3-8,13H,2,9-12,14H2,1H3,(H,23,25). The second kappa shape index (κ2) is 10.2. The van der Waals surface area contributed by atoms with E-state index >= 15 is 0 Å². The molecule has 1 N–H and O–H groups in total. The first-order chi connectivity index (χ1) is 14.8. The molecular formula is C21H23ClN2O6S. The summed E-state index contributed by atoms with van der Waals surface area (Å²) in [7, 11) is -3.80. The minimum absolute atomic E-state index is 0.0292. The maximum absolute atomic E-state index is 12.8. The van der Waals surface area contributed by atoms with Crippen LogP contribution < -0.4 is 5.32 Å². The molecule has 1 heterocycles. The van der Waals surface area contributed by atoms with Gasteiger partial charge in [-0.15, -0.1) is 0 Å². The van der Waals surface area contributed by atoms with Gasteiger partial charge in [-0.2, -0.15) is 4.31 Å². The Morgan fingerprint density at radius 2 is 1.81 bits per heavy atom. The summed E-state index contributed by atoms with van der Waals surface area (Å²) in [6, 6.07) is 11.1. The van der Waals surface area contributed by atoms with E-state index in [0.717, 1.165) is 18.1 Å². The lowest BCUT2D eigenvalue weighted by molar-refractivity contribution is -0.119. The fourth-order valence-electron chi connectivity index (χ4n) is 2.99. The quantitative estimate of drug-likeness (QED) is 0.629. The van der Waals surface area contributed by atoms with E-state index in [2.05, 4.69) is 5.32 Å². The molecule has 3 rings (SSSR count). The Balaban J connectivity index is 1.65. The number of sulfonamides is 1. The summed E-state index contributed by atoms with van der Waals surface area (Å²) in [4.78, 5) is 24.5. The Kier molecular flexibility index (Phi) is 7.66. The van der Waals surface area contributed by atoms with Crippen molar-refractivity contribution in [3.63, 3.8) is 0 Å². The van der Waals surface area contributed by atoms with Gasteiger partial charge in [-0.3, -0.25) is 4.79 Å². The van der Waals surface area contributed by atoms with Crippen LogP contribution in [0.3, 0.4) is 0 Å². The molecule has 0 bridgehead atoms. The molecule has 8 nitrogen and oxygen atoms in total. The van der Waals surface area contributed by atoms with Crippen LogP contribution in [0.15, 0.2) is 47.4 Å². The van der Waals surface area contributed by atoms with E-state index in [1.165, 1.54) is 16.4 Å². The van der Waals surface area contributed by atoms with Gasteiger partial charge in [0, 0.05) is 18.8 Å². The van der Waals surface area contributed by atoms with Gasteiger partial charge in [0.2, 0.25) is 10.0 Å². The smallest absolute Gasteiger partial charge is 0.340 e. The average Bonchev–Trinajstić information content (AvgIpc) is 2.78. The number of morpholine rings is 1. The van der Waals surface area contributed by atoms with E-state index in [4.69, 9.17) is 21.1 Å². The average molecular weight is 467 g/mol. The van der Waals surface area contributed by atoms with Crippen LogP contribution in [0.25, 0.3) is 0 Å². The van der Waals surface area contributed by atoms with Crippen molar-refractivity contribution in [1.29, 1.82) is 0 Å². The molecule has 0 saturated carbocycles. The number of nitrogens with one attached hydrogen (secondary N) is 1. The summed E-state index contributed by atoms with van der Waals surface area (Å²) in [6.45, 7) is 2.55. The molecule has 0 spiro atoms. The Labute approximate surface area is 186 Å². The van der Waals surface area contributed by atoms with Crippen LogP contribution >= 0.6 is 11.6 Å². The highest BCUT2D eigenvalue weighted by Crippen LogP contribution is 2.24. The van der Waals surface area contributed by atoms with Crippen molar-refractivity contribution in [3.05, 3.63) is 58.6 Å². The van der Waals surface area contributed by atoms with Crippen LogP contribution in [-0.2, 0) is 30.7 Å². The Morgan fingerprint density at radius 1 is 1.13 bits per heavy atom. The SMILES string of the molecule is CCc1ccc(NC(=O)COC(=O)c2cc(S(=O)(=O)N3CCOCC3)ccc2Cl)cc1. The summed E-state index contributed by atoms with van der Waals surface area (Å²) < 4.78 is 37.1. The number of ether oxygens (including phenoxy) is 2. The lowest BCUT2D eigenvalue weighted by atomic mass is 10.1. The fourth-order valence-corrected chi connectivity index (χ4v) is 4.62. The number of esters is 1. The lowest BCUT2D eigenvalue weighted by Crippen LogP contribution is -2.40. The van der Waals surface area contributed by atoms with Crippen molar-refractivity contribution in [2.45, 2.75) is 18.2 Å². The molecule has 0 radical (unpaired) electrons. The highest BCUT2D eigenvalue weighted by atomic mass is 35.5. The van der Waals surface area contributed by atoms with Crippen molar-refractivity contribution >= 4 is 39.2 Å². The highest BCUT2D eigenvalue weighted by molar-refractivity contribution is 7.89. The van der Waals surface area contributed by atoms with Crippen molar-refractivity contribution in [2.24, 2.45) is 0 Å². The topological polar surface area (TPSA) is 102 Å². The first-order valence-corrected chi connectivity index (χ1v) is 11.6. The van der Waals surface area contributed by atoms with E-state index in [1.54, 1.807) is 12.1 Å². The van der Waals surface area contributed by atoms with Crippen molar-refractivity contribution in [1.82, 2.24) is 4.31 Å². The molecule has 0 aromatic heterocycles. The summed E-state index contributed by atoms with van der Waals surface area (Å²) >= 11 is 6.07. The van der Waals surface area contributed by atoms with E-state index in [-0.39, 0.29) is 28.6 Å². The minimum Gasteiger partial charge on any atom is -0.452 e.